The molecule has 3 heterocycles. The smallest absolute Gasteiger partial charge is 0.257 e. The lowest BCUT2D eigenvalue weighted by Crippen LogP contribution is -2.38. The number of amides is 1. The summed E-state index contributed by atoms with van der Waals surface area (Å²) in [5.41, 5.74) is 1.56. The van der Waals surface area contributed by atoms with E-state index in [4.69, 9.17) is 0 Å². The molecular formula is C14H18N6O. The van der Waals surface area contributed by atoms with Crippen molar-refractivity contribution < 1.29 is 4.79 Å². The van der Waals surface area contributed by atoms with Crippen LogP contribution in [0.5, 0.6) is 0 Å². The Labute approximate surface area is 123 Å². The average molecular weight is 286 g/mol. The van der Waals surface area contributed by atoms with E-state index in [1.54, 1.807) is 29.8 Å². The SMILES string of the molecule is CC(C)Nc1ncc(C(=O)N2CCn3cncc3C2)cn1. The van der Waals surface area contributed by atoms with E-state index in [2.05, 4.69) is 24.8 Å². The lowest BCUT2D eigenvalue weighted by atomic mass is 10.2. The molecule has 21 heavy (non-hydrogen) atoms. The van der Waals surface area contributed by atoms with Crippen LogP contribution in [0, 0.1) is 0 Å². The number of imidazole rings is 1. The highest BCUT2D eigenvalue weighted by Gasteiger charge is 2.22. The molecule has 3 rings (SSSR count). The molecule has 0 atom stereocenters. The molecule has 0 aromatic carbocycles. The van der Waals surface area contributed by atoms with Gasteiger partial charge in [0.25, 0.3) is 5.91 Å². The predicted octanol–water partition coefficient (Wildman–Crippen LogP) is 1.15. The quantitative estimate of drug-likeness (QED) is 0.916. The van der Waals surface area contributed by atoms with Gasteiger partial charge in [0.2, 0.25) is 5.95 Å². The Morgan fingerprint density at radius 3 is 2.71 bits per heavy atom. The topological polar surface area (TPSA) is 75.9 Å². The zero-order chi connectivity index (χ0) is 14.8. The minimum Gasteiger partial charge on any atom is -0.352 e. The molecule has 0 bridgehead atoms. The zero-order valence-electron chi connectivity index (χ0n) is 12.2. The van der Waals surface area contributed by atoms with Crippen molar-refractivity contribution in [2.75, 3.05) is 11.9 Å². The lowest BCUT2D eigenvalue weighted by Gasteiger charge is -2.28. The first-order chi connectivity index (χ1) is 10.1. The molecule has 0 unspecified atom stereocenters. The van der Waals surface area contributed by atoms with E-state index in [-0.39, 0.29) is 11.9 Å². The third-order valence-electron chi connectivity index (χ3n) is 3.37. The van der Waals surface area contributed by atoms with E-state index < -0.39 is 0 Å². The molecule has 2 aromatic rings. The molecule has 7 heteroatoms. The van der Waals surface area contributed by atoms with Gasteiger partial charge in [-0.05, 0) is 13.8 Å². The second-order valence-corrected chi connectivity index (χ2v) is 5.40. The molecule has 1 aliphatic rings. The maximum atomic E-state index is 12.5. The fourth-order valence-corrected chi connectivity index (χ4v) is 2.31. The summed E-state index contributed by atoms with van der Waals surface area (Å²) in [6, 6.07) is 0.258. The molecule has 2 aromatic heterocycles. The molecule has 0 spiro atoms. The number of nitrogens with one attached hydrogen (secondary N) is 1. The summed E-state index contributed by atoms with van der Waals surface area (Å²) in [5, 5.41) is 3.10. The van der Waals surface area contributed by atoms with Gasteiger partial charge >= 0.3 is 0 Å². The highest BCUT2D eigenvalue weighted by atomic mass is 16.2. The number of rotatable bonds is 3. The van der Waals surface area contributed by atoms with Gasteiger partial charge in [-0.25, -0.2) is 15.0 Å². The first kappa shape index (κ1) is 13.5. The van der Waals surface area contributed by atoms with Crippen molar-refractivity contribution in [2.45, 2.75) is 33.0 Å². The maximum Gasteiger partial charge on any atom is 0.257 e. The van der Waals surface area contributed by atoms with Crippen molar-refractivity contribution in [3.8, 4) is 0 Å². The summed E-state index contributed by atoms with van der Waals surface area (Å²) in [7, 11) is 0. The van der Waals surface area contributed by atoms with Crippen molar-refractivity contribution in [2.24, 2.45) is 0 Å². The summed E-state index contributed by atoms with van der Waals surface area (Å²) < 4.78 is 2.07. The fourth-order valence-electron chi connectivity index (χ4n) is 2.31. The Kier molecular flexibility index (Phi) is 3.55. The Hall–Kier alpha value is -2.44. The molecule has 110 valence electrons. The van der Waals surface area contributed by atoms with Crippen molar-refractivity contribution in [3.05, 3.63) is 36.2 Å². The predicted molar refractivity (Wildman–Crippen MR) is 77.8 cm³/mol. The number of aromatic nitrogens is 4. The summed E-state index contributed by atoms with van der Waals surface area (Å²) in [6.45, 7) is 6.05. The first-order valence-electron chi connectivity index (χ1n) is 7.00. The summed E-state index contributed by atoms with van der Waals surface area (Å²) in [6.07, 6.45) is 6.75. The molecule has 0 aliphatic carbocycles. The normalized spacial score (nSPS) is 14.1. The van der Waals surface area contributed by atoms with Crippen LogP contribution in [0.25, 0.3) is 0 Å². The molecule has 1 N–H and O–H groups in total. The summed E-state index contributed by atoms with van der Waals surface area (Å²) in [4.78, 5) is 26.7. The van der Waals surface area contributed by atoms with E-state index in [1.807, 2.05) is 13.8 Å². The van der Waals surface area contributed by atoms with Crippen LogP contribution < -0.4 is 5.32 Å². The number of hydrogen-bond donors (Lipinski definition) is 1. The third kappa shape index (κ3) is 2.86. The molecule has 0 fully saturated rings. The molecule has 7 nitrogen and oxygen atoms in total. The number of anilines is 1. The van der Waals surface area contributed by atoms with Gasteiger partial charge in [-0.15, -0.1) is 0 Å². The second-order valence-electron chi connectivity index (χ2n) is 5.40. The van der Waals surface area contributed by atoms with Gasteiger partial charge in [0, 0.05) is 37.7 Å². The van der Waals surface area contributed by atoms with Crippen molar-refractivity contribution in [1.82, 2.24) is 24.4 Å². The minimum atomic E-state index is -0.0430. The zero-order valence-corrected chi connectivity index (χ0v) is 12.2. The number of hydrogen-bond acceptors (Lipinski definition) is 5. The number of carbonyl (C=O) groups excluding carboxylic acids is 1. The van der Waals surface area contributed by atoms with Crippen LogP contribution in [-0.4, -0.2) is 42.9 Å². The maximum absolute atomic E-state index is 12.5. The molecule has 0 saturated carbocycles. The Morgan fingerprint density at radius 2 is 2.00 bits per heavy atom. The molecule has 1 amide bonds. The van der Waals surface area contributed by atoms with Gasteiger partial charge < -0.3 is 14.8 Å². The Morgan fingerprint density at radius 1 is 1.24 bits per heavy atom. The molecule has 0 radical (unpaired) electrons. The molecular weight excluding hydrogens is 268 g/mol. The first-order valence-corrected chi connectivity index (χ1v) is 7.00. The molecule has 1 aliphatic heterocycles. The largest absolute Gasteiger partial charge is 0.352 e. The van der Waals surface area contributed by atoms with Crippen LogP contribution >= 0.6 is 0 Å². The number of nitrogens with zero attached hydrogens (tertiary/aromatic N) is 5. The fraction of sp³-hybridized carbons (Fsp3) is 0.429. The van der Waals surface area contributed by atoms with Crippen LogP contribution in [0.1, 0.15) is 29.9 Å². The van der Waals surface area contributed by atoms with Gasteiger partial charge in [0.1, 0.15) is 0 Å². The van der Waals surface area contributed by atoms with Crippen LogP contribution in [0.3, 0.4) is 0 Å². The third-order valence-corrected chi connectivity index (χ3v) is 3.37. The van der Waals surface area contributed by atoms with E-state index in [0.717, 1.165) is 12.2 Å². The highest BCUT2D eigenvalue weighted by molar-refractivity contribution is 5.93. The number of fused-ring (bicyclic) bond motifs is 1. The van der Waals surface area contributed by atoms with Crippen LogP contribution in [0.2, 0.25) is 0 Å². The van der Waals surface area contributed by atoms with Gasteiger partial charge in [0.05, 0.1) is 24.1 Å². The highest BCUT2D eigenvalue weighted by Crippen LogP contribution is 2.14. The summed E-state index contributed by atoms with van der Waals surface area (Å²) >= 11 is 0. The lowest BCUT2D eigenvalue weighted by molar-refractivity contribution is 0.0710. The van der Waals surface area contributed by atoms with Crippen molar-refractivity contribution >= 4 is 11.9 Å². The second kappa shape index (κ2) is 5.51. The van der Waals surface area contributed by atoms with Gasteiger partial charge in [-0.1, -0.05) is 0 Å². The Balaban J connectivity index is 1.71. The van der Waals surface area contributed by atoms with Gasteiger partial charge in [-0.3, -0.25) is 4.79 Å². The van der Waals surface area contributed by atoms with E-state index in [0.29, 0.717) is 24.6 Å². The molecule has 0 saturated heterocycles. The van der Waals surface area contributed by atoms with Crippen LogP contribution in [-0.2, 0) is 13.1 Å². The van der Waals surface area contributed by atoms with Gasteiger partial charge in [0.15, 0.2) is 0 Å². The standard InChI is InChI=1S/C14H18N6O/c1-10(2)18-14-16-5-11(6-17-14)13(21)19-3-4-20-9-15-7-12(20)8-19/h5-7,9-10H,3-4,8H2,1-2H3,(H,16,17,18). The average Bonchev–Trinajstić information content (AvgIpc) is 2.94. The van der Waals surface area contributed by atoms with Crippen molar-refractivity contribution in [3.63, 3.8) is 0 Å². The monoisotopic (exact) mass is 286 g/mol. The van der Waals surface area contributed by atoms with E-state index in [1.165, 1.54) is 0 Å². The van der Waals surface area contributed by atoms with Crippen LogP contribution in [0.4, 0.5) is 5.95 Å². The summed E-state index contributed by atoms with van der Waals surface area (Å²) in [5.74, 6) is 0.497. The van der Waals surface area contributed by atoms with Crippen molar-refractivity contribution in [1.29, 1.82) is 0 Å². The minimum absolute atomic E-state index is 0.0430. The van der Waals surface area contributed by atoms with E-state index in [9.17, 15) is 4.79 Å². The number of carbonyl (C=O) groups is 1. The van der Waals surface area contributed by atoms with E-state index >= 15 is 0 Å². The Bertz CT molecular complexity index is 633. The van der Waals surface area contributed by atoms with Crippen LogP contribution in [0.15, 0.2) is 24.9 Å². The van der Waals surface area contributed by atoms with Gasteiger partial charge in [-0.2, -0.15) is 0 Å².